The lowest BCUT2D eigenvalue weighted by Gasteiger charge is -2.13. The van der Waals surface area contributed by atoms with Gasteiger partial charge in [0, 0.05) is 16.5 Å². The van der Waals surface area contributed by atoms with Crippen molar-refractivity contribution >= 4 is 33.1 Å². The van der Waals surface area contributed by atoms with Gasteiger partial charge >= 0.3 is 0 Å². The lowest BCUT2D eigenvalue weighted by atomic mass is 10.0. The van der Waals surface area contributed by atoms with Crippen LogP contribution in [0.3, 0.4) is 0 Å². The number of pyridine rings is 1. The van der Waals surface area contributed by atoms with Crippen LogP contribution in [-0.2, 0) is 0 Å². The van der Waals surface area contributed by atoms with Crippen molar-refractivity contribution in [2.45, 2.75) is 6.92 Å². The van der Waals surface area contributed by atoms with Crippen LogP contribution in [-0.4, -0.2) is 9.55 Å². The van der Waals surface area contributed by atoms with Gasteiger partial charge in [0.25, 0.3) is 0 Å². The van der Waals surface area contributed by atoms with Crippen LogP contribution in [0.25, 0.3) is 44.3 Å². The average molecular weight is 402 g/mol. The summed E-state index contributed by atoms with van der Waals surface area (Å²) in [5, 5.41) is 2.28. The highest BCUT2D eigenvalue weighted by molar-refractivity contribution is 6.10. The van der Waals surface area contributed by atoms with Gasteiger partial charge in [-0.2, -0.15) is 0 Å². The quantitative estimate of drug-likeness (QED) is 0.260. The summed E-state index contributed by atoms with van der Waals surface area (Å²) < 4.78 is 2.22. The summed E-state index contributed by atoms with van der Waals surface area (Å²) in [5.41, 5.74) is 13.2. The first-order chi connectivity index (χ1) is 15.2. The minimum atomic E-state index is 0.755. The van der Waals surface area contributed by atoms with Gasteiger partial charge in [0.2, 0.25) is 0 Å². The van der Waals surface area contributed by atoms with Gasteiger partial charge in [-0.1, -0.05) is 67.3 Å². The fraction of sp³-hybridized carbons (Fsp3) is 0.0357. The number of aromatic nitrogens is 2. The largest absolute Gasteiger partial charge is 0.399 e. The zero-order chi connectivity index (χ0) is 21.4. The lowest BCUT2D eigenvalue weighted by Crippen LogP contribution is -2.01. The highest BCUT2D eigenvalue weighted by atomic mass is 15.1. The number of hydrogen-bond donors (Lipinski definition) is 1. The second-order valence-electron chi connectivity index (χ2n) is 7.54. The molecule has 31 heavy (non-hydrogen) atoms. The summed E-state index contributed by atoms with van der Waals surface area (Å²) in [4.78, 5) is 5.06. The third-order valence-electron chi connectivity index (χ3n) is 5.67. The zero-order valence-electron chi connectivity index (χ0n) is 17.4. The number of rotatable bonds is 4. The molecule has 0 radical (unpaired) electrons. The highest BCUT2D eigenvalue weighted by Crippen LogP contribution is 2.34. The van der Waals surface area contributed by atoms with Crippen LogP contribution in [0.4, 0.5) is 5.69 Å². The molecule has 0 atom stereocenters. The van der Waals surface area contributed by atoms with Crippen molar-refractivity contribution in [2.75, 3.05) is 5.73 Å². The molecule has 3 aromatic carbocycles. The highest BCUT2D eigenvalue weighted by Gasteiger charge is 2.15. The maximum atomic E-state index is 6.12. The minimum Gasteiger partial charge on any atom is -0.399 e. The summed E-state index contributed by atoms with van der Waals surface area (Å²) in [6.45, 7) is 5.99. The molecule has 0 saturated carbocycles. The molecule has 3 heteroatoms. The number of anilines is 1. The number of fused-ring (bicyclic) bond motifs is 3. The fourth-order valence-corrected chi connectivity index (χ4v) is 4.18. The van der Waals surface area contributed by atoms with E-state index in [9.17, 15) is 0 Å². The molecule has 0 aliphatic carbocycles. The molecule has 0 fully saturated rings. The number of nitrogen functional groups attached to an aromatic ring is 1. The smallest absolute Gasteiger partial charge is 0.138 e. The van der Waals surface area contributed by atoms with Crippen LogP contribution in [0.2, 0.25) is 0 Å². The SMILES string of the molecule is C=C/C(=C\C)c1cc(-c2ccccc2)cc(-n2c3ccccc3c3cc(N)ccc32)n1. The Morgan fingerprint density at radius 2 is 1.58 bits per heavy atom. The van der Waals surface area contributed by atoms with Gasteiger partial charge in [0.15, 0.2) is 0 Å². The summed E-state index contributed by atoms with van der Waals surface area (Å²) in [6, 6.07) is 29.1. The number of nitrogens with two attached hydrogens (primary N) is 1. The van der Waals surface area contributed by atoms with E-state index in [0.717, 1.165) is 55.7 Å². The first kappa shape index (κ1) is 18.9. The van der Waals surface area contributed by atoms with Gasteiger partial charge in [0.05, 0.1) is 16.7 Å². The van der Waals surface area contributed by atoms with Gasteiger partial charge < -0.3 is 5.73 Å². The van der Waals surface area contributed by atoms with Crippen molar-refractivity contribution in [3.05, 3.63) is 109 Å². The number of benzene rings is 3. The van der Waals surface area contributed by atoms with Crippen molar-refractivity contribution in [2.24, 2.45) is 0 Å². The van der Waals surface area contributed by atoms with E-state index in [1.807, 2.05) is 37.3 Å². The molecule has 5 rings (SSSR count). The second-order valence-corrected chi connectivity index (χ2v) is 7.54. The molecule has 0 aliphatic rings. The molecule has 2 heterocycles. The molecule has 3 nitrogen and oxygen atoms in total. The van der Waals surface area contributed by atoms with E-state index in [1.165, 1.54) is 0 Å². The monoisotopic (exact) mass is 401 g/mol. The molecule has 2 N–H and O–H groups in total. The summed E-state index contributed by atoms with van der Waals surface area (Å²) in [5.74, 6) is 0.869. The Kier molecular flexibility index (Phi) is 4.64. The van der Waals surface area contributed by atoms with Crippen molar-refractivity contribution < 1.29 is 0 Å². The Morgan fingerprint density at radius 3 is 2.35 bits per heavy atom. The summed E-state index contributed by atoms with van der Waals surface area (Å²) >= 11 is 0. The first-order valence-corrected chi connectivity index (χ1v) is 10.4. The van der Waals surface area contributed by atoms with Gasteiger partial charge in [-0.25, -0.2) is 4.98 Å². The molecule has 5 aromatic rings. The van der Waals surface area contributed by atoms with Crippen LogP contribution in [0.1, 0.15) is 12.6 Å². The first-order valence-electron chi connectivity index (χ1n) is 10.4. The molecule has 0 saturated heterocycles. The third-order valence-corrected chi connectivity index (χ3v) is 5.67. The Labute approximate surface area is 181 Å². The van der Waals surface area contributed by atoms with E-state index in [2.05, 4.69) is 77.9 Å². The molecule has 0 amide bonds. The third kappa shape index (κ3) is 3.21. The van der Waals surface area contributed by atoms with E-state index in [1.54, 1.807) is 0 Å². The number of para-hydroxylation sites is 1. The van der Waals surface area contributed by atoms with E-state index in [-0.39, 0.29) is 0 Å². The van der Waals surface area contributed by atoms with Gasteiger partial charge in [-0.05, 0) is 60.0 Å². The van der Waals surface area contributed by atoms with E-state index < -0.39 is 0 Å². The maximum Gasteiger partial charge on any atom is 0.138 e. The Hall–Kier alpha value is -4.11. The second kappa shape index (κ2) is 7.62. The molecule has 2 aromatic heterocycles. The summed E-state index contributed by atoms with van der Waals surface area (Å²) in [7, 11) is 0. The number of nitrogens with zero attached hydrogens (tertiary/aromatic N) is 2. The van der Waals surface area contributed by atoms with Crippen LogP contribution in [0.15, 0.2) is 104 Å². The van der Waals surface area contributed by atoms with Gasteiger partial charge in [-0.3, -0.25) is 4.57 Å². The zero-order valence-corrected chi connectivity index (χ0v) is 17.4. The van der Waals surface area contributed by atoms with E-state index in [4.69, 9.17) is 10.7 Å². The summed E-state index contributed by atoms with van der Waals surface area (Å²) in [6.07, 6.45) is 3.90. The predicted octanol–water partition coefficient (Wildman–Crippen LogP) is 7.02. The van der Waals surface area contributed by atoms with Crippen molar-refractivity contribution in [3.8, 4) is 16.9 Å². The van der Waals surface area contributed by atoms with Gasteiger partial charge in [0.1, 0.15) is 5.82 Å². The topological polar surface area (TPSA) is 43.8 Å². The van der Waals surface area contributed by atoms with Crippen LogP contribution in [0, 0.1) is 0 Å². The van der Waals surface area contributed by atoms with Crippen LogP contribution < -0.4 is 5.73 Å². The molecule has 0 unspecified atom stereocenters. The van der Waals surface area contributed by atoms with Crippen LogP contribution in [0.5, 0.6) is 0 Å². The normalized spacial score (nSPS) is 11.8. The Morgan fingerprint density at radius 1 is 0.839 bits per heavy atom. The maximum absolute atomic E-state index is 6.12. The Balaban J connectivity index is 1.87. The molecular formula is C28H23N3. The molecule has 0 bridgehead atoms. The molecular weight excluding hydrogens is 378 g/mol. The molecule has 0 spiro atoms. The van der Waals surface area contributed by atoms with Crippen molar-refractivity contribution in [1.82, 2.24) is 9.55 Å². The average Bonchev–Trinajstić information content (AvgIpc) is 3.14. The van der Waals surface area contributed by atoms with E-state index in [0.29, 0.717) is 0 Å². The van der Waals surface area contributed by atoms with Crippen molar-refractivity contribution in [3.63, 3.8) is 0 Å². The minimum absolute atomic E-state index is 0.755. The van der Waals surface area contributed by atoms with Crippen molar-refractivity contribution in [1.29, 1.82) is 0 Å². The number of allylic oxidation sites excluding steroid dienone is 3. The van der Waals surface area contributed by atoms with Gasteiger partial charge in [-0.15, -0.1) is 0 Å². The Bertz CT molecular complexity index is 1460. The van der Waals surface area contributed by atoms with Crippen LogP contribution >= 0.6 is 0 Å². The number of hydrogen-bond acceptors (Lipinski definition) is 2. The molecule has 0 aliphatic heterocycles. The lowest BCUT2D eigenvalue weighted by molar-refractivity contribution is 1.07. The standard InChI is InChI=1S/C28H23N3/c1-3-19(4-2)25-16-21(20-10-6-5-7-11-20)17-28(30-25)31-26-13-9-8-12-23(26)24-18-22(29)14-15-27(24)31/h3-18H,1,29H2,2H3/b19-4+. The fourth-order valence-electron chi connectivity index (χ4n) is 4.18. The van der Waals surface area contributed by atoms with E-state index >= 15 is 0 Å². The predicted molar refractivity (Wildman–Crippen MR) is 132 cm³/mol. The molecule has 150 valence electrons.